The highest BCUT2D eigenvalue weighted by molar-refractivity contribution is 5.81. The molecule has 0 radical (unpaired) electrons. The van der Waals surface area contributed by atoms with Gasteiger partial charge >= 0.3 is 0 Å². The topological polar surface area (TPSA) is 58.6 Å². The van der Waals surface area contributed by atoms with Crippen molar-refractivity contribution in [2.75, 3.05) is 19.7 Å². The second kappa shape index (κ2) is 9.33. The number of aryl methyl sites for hydroxylation is 1. The van der Waals surface area contributed by atoms with Gasteiger partial charge < -0.3 is 15.0 Å². The Morgan fingerprint density at radius 2 is 1.97 bits per heavy atom. The number of amides is 2. The Balaban J connectivity index is 1.29. The van der Waals surface area contributed by atoms with Gasteiger partial charge in [-0.15, -0.1) is 0 Å². The molecule has 1 aliphatic carbocycles. The van der Waals surface area contributed by atoms with E-state index in [0.717, 1.165) is 29.7 Å². The highest BCUT2D eigenvalue weighted by Gasteiger charge is 2.34. The van der Waals surface area contributed by atoms with E-state index in [9.17, 15) is 9.59 Å². The van der Waals surface area contributed by atoms with Crippen molar-refractivity contribution in [3.63, 3.8) is 0 Å². The van der Waals surface area contributed by atoms with E-state index in [1.54, 1.807) is 0 Å². The molecule has 4 rings (SSSR count). The molecule has 2 amide bonds. The second-order valence-corrected chi connectivity index (χ2v) is 8.44. The number of rotatable bonds is 7. The van der Waals surface area contributed by atoms with Crippen LogP contribution < -0.4 is 10.1 Å². The van der Waals surface area contributed by atoms with Gasteiger partial charge in [0.2, 0.25) is 11.8 Å². The van der Waals surface area contributed by atoms with Crippen LogP contribution in [0.15, 0.2) is 48.5 Å². The molecule has 5 heteroatoms. The van der Waals surface area contributed by atoms with Crippen LogP contribution in [0.5, 0.6) is 5.75 Å². The van der Waals surface area contributed by atoms with Crippen LogP contribution in [-0.2, 0) is 22.6 Å². The fourth-order valence-corrected chi connectivity index (χ4v) is 3.89. The van der Waals surface area contributed by atoms with Crippen LogP contribution in [0.4, 0.5) is 0 Å². The molecular weight excluding hydrogens is 376 g/mol. The number of carbonyl (C=O) groups is 2. The second-order valence-electron chi connectivity index (χ2n) is 8.44. The van der Waals surface area contributed by atoms with Crippen molar-refractivity contribution in [3.05, 3.63) is 65.2 Å². The monoisotopic (exact) mass is 406 g/mol. The maximum Gasteiger partial charge on any atom is 0.226 e. The van der Waals surface area contributed by atoms with Gasteiger partial charge in [0.15, 0.2) is 0 Å². The number of ether oxygens (including phenoxy) is 1. The maximum atomic E-state index is 12.5. The van der Waals surface area contributed by atoms with Crippen molar-refractivity contribution in [2.45, 2.75) is 45.1 Å². The van der Waals surface area contributed by atoms with Gasteiger partial charge in [-0.3, -0.25) is 9.59 Å². The third kappa shape index (κ3) is 5.21. The standard InChI is InChI=1S/C25H30N2O3/c1-18(20-5-3-2-4-6-20)16-26-24(28)12-8-19-7-11-23-22(15-19)17-27(13-14-30-23)25(29)21-9-10-21/h2-7,11,15,18,21H,8-10,12-14,16-17H2,1H3,(H,26,28). The molecule has 2 aliphatic rings. The molecule has 1 N–H and O–H groups in total. The Bertz CT molecular complexity index is 893. The van der Waals surface area contributed by atoms with E-state index in [1.807, 2.05) is 35.2 Å². The van der Waals surface area contributed by atoms with Crippen molar-refractivity contribution in [1.29, 1.82) is 0 Å². The summed E-state index contributed by atoms with van der Waals surface area (Å²) in [6.45, 7) is 4.53. The number of benzene rings is 2. The van der Waals surface area contributed by atoms with Gasteiger partial charge in [0.25, 0.3) is 0 Å². The van der Waals surface area contributed by atoms with Crippen LogP contribution in [0, 0.1) is 5.92 Å². The summed E-state index contributed by atoms with van der Waals surface area (Å²) < 4.78 is 5.84. The summed E-state index contributed by atoms with van der Waals surface area (Å²) in [4.78, 5) is 26.7. The molecule has 0 aromatic heterocycles. The van der Waals surface area contributed by atoms with Crippen molar-refractivity contribution in [3.8, 4) is 5.75 Å². The summed E-state index contributed by atoms with van der Waals surface area (Å²) >= 11 is 0. The summed E-state index contributed by atoms with van der Waals surface area (Å²) in [6, 6.07) is 16.3. The van der Waals surface area contributed by atoms with Gasteiger partial charge in [-0.2, -0.15) is 0 Å². The summed E-state index contributed by atoms with van der Waals surface area (Å²) in [5.74, 6) is 1.68. The summed E-state index contributed by atoms with van der Waals surface area (Å²) in [7, 11) is 0. The molecule has 2 aromatic rings. The number of hydrogen-bond donors (Lipinski definition) is 1. The molecule has 158 valence electrons. The number of carbonyl (C=O) groups excluding carboxylic acids is 2. The summed E-state index contributed by atoms with van der Waals surface area (Å²) in [5, 5.41) is 3.05. The zero-order valence-corrected chi connectivity index (χ0v) is 17.6. The highest BCUT2D eigenvalue weighted by atomic mass is 16.5. The minimum atomic E-state index is 0.0644. The summed E-state index contributed by atoms with van der Waals surface area (Å²) in [6.07, 6.45) is 3.16. The fraction of sp³-hybridized carbons (Fsp3) is 0.440. The average Bonchev–Trinajstić information content (AvgIpc) is 3.62. The lowest BCUT2D eigenvalue weighted by molar-refractivity contribution is -0.133. The van der Waals surface area contributed by atoms with Crippen LogP contribution in [0.1, 0.15) is 48.8 Å². The van der Waals surface area contributed by atoms with Gasteiger partial charge in [0, 0.05) is 31.0 Å². The van der Waals surface area contributed by atoms with E-state index in [1.165, 1.54) is 5.56 Å². The highest BCUT2D eigenvalue weighted by Crippen LogP contribution is 2.33. The quantitative estimate of drug-likeness (QED) is 0.763. The minimum Gasteiger partial charge on any atom is -0.491 e. The van der Waals surface area contributed by atoms with Crippen molar-refractivity contribution >= 4 is 11.8 Å². The summed E-state index contributed by atoms with van der Waals surface area (Å²) in [5.41, 5.74) is 3.37. The molecular formula is C25H30N2O3. The van der Waals surface area contributed by atoms with E-state index < -0.39 is 0 Å². The molecule has 0 bridgehead atoms. The maximum absolute atomic E-state index is 12.5. The molecule has 5 nitrogen and oxygen atoms in total. The van der Waals surface area contributed by atoms with Crippen LogP contribution in [-0.4, -0.2) is 36.4 Å². The Kier molecular flexibility index (Phi) is 6.36. The lowest BCUT2D eigenvalue weighted by atomic mass is 10.0. The van der Waals surface area contributed by atoms with Crippen LogP contribution in [0.25, 0.3) is 0 Å². The lowest BCUT2D eigenvalue weighted by Gasteiger charge is -2.19. The normalized spacial score (nSPS) is 16.8. The van der Waals surface area contributed by atoms with E-state index in [4.69, 9.17) is 4.74 Å². The molecule has 1 aliphatic heterocycles. The molecule has 1 atom stereocenters. The lowest BCUT2D eigenvalue weighted by Crippen LogP contribution is -2.33. The smallest absolute Gasteiger partial charge is 0.226 e. The first-order chi connectivity index (χ1) is 14.6. The van der Waals surface area contributed by atoms with E-state index in [2.05, 4.69) is 30.4 Å². The van der Waals surface area contributed by atoms with Crippen LogP contribution in [0.3, 0.4) is 0 Å². The molecule has 1 unspecified atom stereocenters. The zero-order chi connectivity index (χ0) is 20.9. The fourth-order valence-electron chi connectivity index (χ4n) is 3.89. The van der Waals surface area contributed by atoms with Crippen LogP contribution >= 0.6 is 0 Å². The van der Waals surface area contributed by atoms with Crippen LogP contribution in [0.2, 0.25) is 0 Å². The van der Waals surface area contributed by atoms with E-state index in [0.29, 0.717) is 39.1 Å². The van der Waals surface area contributed by atoms with Gasteiger partial charge in [-0.1, -0.05) is 49.4 Å². The molecule has 2 aromatic carbocycles. The van der Waals surface area contributed by atoms with Crippen molar-refractivity contribution in [2.24, 2.45) is 5.92 Å². The van der Waals surface area contributed by atoms with Gasteiger partial charge in [0.05, 0.1) is 6.54 Å². The Hall–Kier alpha value is -2.82. The SMILES string of the molecule is CC(CNC(=O)CCc1ccc2c(c1)CN(C(=O)C1CC1)CCO2)c1ccccc1. The predicted octanol–water partition coefficient (Wildman–Crippen LogP) is 3.67. The first kappa shape index (κ1) is 20.5. The van der Waals surface area contributed by atoms with Gasteiger partial charge in [-0.05, 0) is 42.4 Å². The minimum absolute atomic E-state index is 0.0644. The first-order valence-corrected chi connectivity index (χ1v) is 10.9. The van der Waals surface area contributed by atoms with E-state index in [-0.39, 0.29) is 23.7 Å². The predicted molar refractivity (Wildman–Crippen MR) is 116 cm³/mol. The van der Waals surface area contributed by atoms with Crippen molar-refractivity contribution in [1.82, 2.24) is 10.2 Å². The molecule has 1 fully saturated rings. The molecule has 1 saturated carbocycles. The first-order valence-electron chi connectivity index (χ1n) is 10.9. The van der Waals surface area contributed by atoms with E-state index >= 15 is 0 Å². The van der Waals surface area contributed by atoms with Gasteiger partial charge in [0.1, 0.15) is 12.4 Å². The Labute approximate surface area is 178 Å². The Morgan fingerprint density at radius 1 is 1.17 bits per heavy atom. The van der Waals surface area contributed by atoms with Crippen molar-refractivity contribution < 1.29 is 14.3 Å². The number of nitrogens with one attached hydrogen (secondary N) is 1. The number of hydrogen-bond acceptors (Lipinski definition) is 3. The molecule has 1 heterocycles. The largest absolute Gasteiger partial charge is 0.491 e. The Morgan fingerprint density at radius 3 is 2.73 bits per heavy atom. The third-order valence-electron chi connectivity index (χ3n) is 5.96. The average molecular weight is 407 g/mol. The van der Waals surface area contributed by atoms with Gasteiger partial charge in [-0.25, -0.2) is 0 Å². The molecule has 0 spiro atoms. The zero-order valence-electron chi connectivity index (χ0n) is 17.6. The number of nitrogens with zero attached hydrogens (tertiary/aromatic N) is 1. The molecule has 30 heavy (non-hydrogen) atoms. The molecule has 0 saturated heterocycles. The number of fused-ring (bicyclic) bond motifs is 1. The third-order valence-corrected chi connectivity index (χ3v) is 5.96.